The average Bonchev–Trinajstić information content (AvgIpc) is 2.49. The molecule has 0 heterocycles. The van der Waals surface area contributed by atoms with E-state index in [4.69, 9.17) is 0 Å². The molecule has 2 amide bonds. The first-order valence-corrected chi connectivity index (χ1v) is 7.70. The first-order valence-electron chi connectivity index (χ1n) is 7.70. The summed E-state index contributed by atoms with van der Waals surface area (Å²) in [6, 6.07) is 9.96. The zero-order valence-electron chi connectivity index (χ0n) is 13.8. The van der Waals surface area contributed by atoms with Gasteiger partial charge in [0.15, 0.2) is 0 Å². The molecule has 0 radical (unpaired) electrons. The molecule has 0 saturated carbocycles. The minimum Gasteiger partial charge on any atom is -0.354 e. The second kappa shape index (κ2) is 9.95. The van der Waals surface area contributed by atoms with Crippen LogP contribution in [0.15, 0.2) is 30.3 Å². The molecule has 1 N–H and O–H groups in total. The van der Waals surface area contributed by atoms with Gasteiger partial charge >= 0.3 is 0 Å². The lowest BCUT2D eigenvalue weighted by atomic mass is 10.1. The van der Waals surface area contributed by atoms with Gasteiger partial charge in [-0.1, -0.05) is 30.3 Å². The molecule has 22 heavy (non-hydrogen) atoms. The van der Waals surface area contributed by atoms with Crippen LogP contribution < -0.4 is 5.32 Å². The molecule has 1 aromatic rings. The number of hydrogen-bond donors (Lipinski definition) is 1. The van der Waals surface area contributed by atoms with Gasteiger partial charge in [-0.15, -0.1) is 0 Å². The van der Waals surface area contributed by atoms with Crippen molar-refractivity contribution >= 4 is 11.8 Å². The summed E-state index contributed by atoms with van der Waals surface area (Å²) >= 11 is 0. The second-order valence-corrected chi connectivity index (χ2v) is 5.64. The van der Waals surface area contributed by atoms with E-state index in [0.29, 0.717) is 26.1 Å². The third-order valence-electron chi connectivity index (χ3n) is 3.45. The van der Waals surface area contributed by atoms with Crippen molar-refractivity contribution in [3.8, 4) is 0 Å². The summed E-state index contributed by atoms with van der Waals surface area (Å²) in [6.07, 6.45) is 1.21. The van der Waals surface area contributed by atoms with E-state index in [2.05, 4.69) is 5.32 Å². The maximum Gasteiger partial charge on any atom is 0.220 e. The molecular weight excluding hydrogens is 278 g/mol. The van der Waals surface area contributed by atoms with Gasteiger partial charge in [0.25, 0.3) is 0 Å². The van der Waals surface area contributed by atoms with Crippen LogP contribution in [0.1, 0.15) is 18.9 Å². The lowest BCUT2D eigenvalue weighted by Gasteiger charge is -2.23. The Morgan fingerprint density at radius 2 is 1.73 bits per heavy atom. The third kappa shape index (κ3) is 7.78. The first-order chi connectivity index (χ1) is 10.5. The van der Waals surface area contributed by atoms with Crippen molar-refractivity contribution in [2.45, 2.75) is 19.8 Å². The van der Waals surface area contributed by atoms with Gasteiger partial charge in [-0.05, 0) is 26.1 Å². The molecule has 0 saturated heterocycles. The Balaban J connectivity index is 2.23. The van der Waals surface area contributed by atoms with Crippen LogP contribution >= 0.6 is 0 Å². The number of rotatable bonds is 9. The number of nitrogens with one attached hydrogen (secondary N) is 1. The van der Waals surface area contributed by atoms with Crippen LogP contribution in [0.3, 0.4) is 0 Å². The fourth-order valence-electron chi connectivity index (χ4n) is 2.07. The Morgan fingerprint density at radius 3 is 2.32 bits per heavy atom. The summed E-state index contributed by atoms with van der Waals surface area (Å²) in [5.41, 5.74) is 1.16. The van der Waals surface area contributed by atoms with Crippen LogP contribution in [0, 0.1) is 0 Å². The number of amides is 2. The molecule has 0 unspecified atom stereocenters. The SMILES string of the molecule is CC(=O)N(CCNC(=O)CCc1ccccc1)CCN(C)C. The van der Waals surface area contributed by atoms with Gasteiger partial charge in [0.1, 0.15) is 0 Å². The van der Waals surface area contributed by atoms with Gasteiger partial charge in [-0.3, -0.25) is 9.59 Å². The Kier molecular flexibility index (Phi) is 8.22. The van der Waals surface area contributed by atoms with Crippen LogP contribution in [0.4, 0.5) is 0 Å². The number of likely N-dealkylation sites (N-methyl/N-ethyl adjacent to an activating group) is 1. The van der Waals surface area contributed by atoms with Gasteiger partial charge in [0, 0.05) is 39.5 Å². The summed E-state index contributed by atoms with van der Waals surface area (Å²) in [6.45, 7) is 4.12. The van der Waals surface area contributed by atoms with Crippen molar-refractivity contribution in [1.29, 1.82) is 0 Å². The van der Waals surface area contributed by atoms with Crippen molar-refractivity contribution < 1.29 is 9.59 Å². The molecule has 5 heteroatoms. The summed E-state index contributed by atoms with van der Waals surface area (Å²) in [5, 5.41) is 2.88. The number of nitrogens with zero attached hydrogens (tertiary/aromatic N) is 2. The molecule has 0 bridgehead atoms. The zero-order chi connectivity index (χ0) is 16.4. The first kappa shape index (κ1) is 18.2. The minimum atomic E-state index is 0.0277. The molecule has 122 valence electrons. The van der Waals surface area contributed by atoms with Crippen LogP contribution in [-0.4, -0.2) is 61.9 Å². The average molecular weight is 305 g/mol. The van der Waals surface area contributed by atoms with Crippen molar-refractivity contribution in [2.75, 3.05) is 40.3 Å². The summed E-state index contributed by atoms with van der Waals surface area (Å²) < 4.78 is 0. The number of aryl methyl sites for hydroxylation is 1. The summed E-state index contributed by atoms with van der Waals surface area (Å²) in [4.78, 5) is 27.1. The number of carbonyl (C=O) groups is 2. The fraction of sp³-hybridized carbons (Fsp3) is 0.529. The highest BCUT2D eigenvalue weighted by atomic mass is 16.2. The Morgan fingerprint density at radius 1 is 1.05 bits per heavy atom. The smallest absolute Gasteiger partial charge is 0.220 e. The number of carbonyl (C=O) groups excluding carboxylic acids is 2. The van der Waals surface area contributed by atoms with Gasteiger partial charge in [-0.2, -0.15) is 0 Å². The van der Waals surface area contributed by atoms with E-state index in [9.17, 15) is 9.59 Å². The van der Waals surface area contributed by atoms with Crippen molar-refractivity contribution in [3.63, 3.8) is 0 Å². The van der Waals surface area contributed by atoms with Crippen LogP contribution in [0.5, 0.6) is 0 Å². The molecule has 1 rings (SSSR count). The lowest BCUT2D eigenvalue weighted by Crippen LogP contribution is -2.40. The van der Waals surface area contributed by atoms with Crippen LogP contribution in [-0.2, 0) is 16.0 Å². The number of hydrogen-bond acceptors (Lipinski definition) is 3. The second-order valence-electron chi connectivity index (χ2n) is 5.64. The standard InChI is InChI=1S/C17H27N3O2/c1-15(21)20(14-13-19(2)3)12-11-18-17(22)10-9-16-7-5-4-6-8-16/h4-8H,9-14H2,1-3H3,(H,18,22). The van der Waals surface area contributed by atoms with Gasteiger partial charge in [0.05, 0.1) is 0 Å². The van der Waals surface area contributed by atoms with E-state index >= 15 is 0 Å². The van der Waals surface area contributed by atoms with Crippen molar-refractivity contribution in [2.24, 2.45) is 0 Å². The highest BCUT2D eigenvalue weighted by molar-refractivity contribution is 5.76. The Bertz CT molecular complexity index is 460. The number of benzene rings is 1. The fourth-order valence-corrected chi connectivity index (χ4v) is 2.07. The molecule has 0 aliphatic carbocycles. The molecule has 1 aromatic carbocycles. The highest BCUT2D eigenvalue weighted by Gasteiger charge is 2.09. The van der Waals surface area contributed by atoms with Crippen LogP contribution in [0.25, 0.3) is 0 Å². The maximum absolute atomic E-state index is 11.8. The minimum absolute atomic E-state index is 0.0277. The molecule has 0 aliphatic rings. The molecule has 0 atom stereocenters. The lowest BCUT2D eigenvalue weighted by molar-refractivity contribution is -0.129. The maximum atomic E-state index is 11.8. The largest absolute Gasteiger partial charge is 0.354 e. The normalized spacial score (nSPS) is 10.5. The highest BCUT2D eigenvalue weighted by Crippen LogP contribution is 2.02. The van der Waals surface area contributed by atoms with Crippen molar-refractivity contribution in [1.82, 2.24) is 15.1 Å². The summed E-state index contributed by atoms with van der Waals surface area (Å²) in [5.74, 6) is 0.0698. The van der Waals surface area contributed by atoms with E-state index in [0.717, 1.165) is 18.5 Å². The molecule has 0 spiro atoms. The van der Waals surface area contributed by atoms with E-state index in [1.165, 1.54) is 0 Å². The zero-order valence-corrected chi connectivity index (χ0v) is 13.8. The molecule has 5 nitrogen and oxygen atoms in total. The van der Waals surface area contributed by atoms with Gasteiger partial charge < -0.3 is 15.1 Å². The van der Waals surface area contributed by atoms with Gasteiger partial charge in [0.2, 0.25) is 11.8 Å². The Labute approximate surface area is 133 Å². The predicted molar refractivity (Wildman–Crippen MR) is 88.6 cm³/mol. The topological polar surface area (TPSA) is 52.7 Å². The molecular formula is C17H27N3O2. The van der Waals surface area contributed by atoms with E-state index in [1.54, 1.807) is 11.8 Å². The molecule has 0 aliphatic heterocycles. The van der Waals surface area contributed by atoms with Crippen molar-refractivity contribution in [3.05, 3.63) is 35.9 Å². The van der Waals surface area contributed by atoms with E-state index in [-0.39, 0.29) is 11.8 Å². The third-order valence-corrected chi connectivity index (χ3v) is 3.45. The summed E-state index contributed by atoms with van der Waals surface area (Å²) in [7, 11) is 3.95. The quantitative estimate of drug-likeness (QED) is 0.744. The van der Waals surface area contributed by atoms with Crippen LogP contribution in [0.2, 0.25) is 0 Å². The van der Waals surface area contributed by atoms with E-state index in [1.807, 2.05) is 49.3 Å². The Hall–Kier alpha value is -1.88. The van der Waals surface area contributed by atoms with Gasteiger partial charge in [-0.25, -0.2) is 0 Å². The predicted octanol–water partition coefficient (Wildman–Crippen LogP) is 1.15. The molecule has 0 fully saturated rings. The molecule has 0 aromatic heterocycles. The monoisotopic (exact) mass is 305 g/mol. The van der Waals surface area contributed by atoms with E-state index < -0.39 is 0 Å².